The highest BCUT2D eigenvalue weighted by Gasteiger charge is 2.18. The molecule has 1 amide bonds. The first-order valence-corrected chi connectivity index (χ1v) is 6.59. The molecule has 0 heterocycles. The van der Waals surface area contributed by atoms with E-state index < -0.39 is 11.7 Å². The zero-order valence-corrected chi connectivity index (χ0v) is 12.6. The van der Waals surface area contributed by atoms with E-state index in [1.807, 2.05) is 45.0 Å². The Balaban J connectivity index is 2.58. The number of alkyl carbamates (subject to hydrolysis) is 1. The zero-order valence-electron chi connectivity index (χ0n) is 12.6. The maximum atomic E-state index is 11.7. The topological polar surface area (TPSA) is 47.6 Å². The van der Waals surface area contributed by atoms with Gasteiger partial charge in [0, 0.05) is 0 Å². The van der Waals surface area contributed by atoms with Gasteiger partial charge in [0.1, 0.15) is 11.4 Å². The van der Waals surface area contributed by atoms with Crippen LogP contribution in [0.1, 0.15) is 26.3 Å². The van der Waals surface area contributed by atoms with Crippen LogP contribution >= 0.6 is 0 Å². The van der Waals surface area contributed by atoms with Crippen molar-refractivity contribution in [2.45, 2.75) is 38.8 Å². The van der Waals surface area contributed by atoms with Gasteiger partial charge in [-0.3, -0.25) is 0 Å². The van der Waals surface area contributed by atoms with Crippen LogP contribution in [0.2, 0.25) is 0 Å². The summed E-state index contributed by atoms with van der Waals surface area (Å²) >= 11 is 0. The molecule has 1 aromatic rings. The second-order valence-electron chi connectivity index (χ2n) is 5.54. The normalized spacial score (nSPS) is 12.4. The van der Waals surface area contributed by atoms with Crippen LogP contribution in [0.25, 0.3) is 0 Å². The number of nitrogens with one attached hydrogen (secondary N) is 1. The van der Waals surface area contributed by atoms with Crippen molar-refractivity contribution in [3.8, 4) is 5.75 Å². The molecule has 110 valence electrons. The van der Waals surface area contributed by atoms with Gasteiger partial charge in [-0.2, -0.15) is 0 Å². The van der Waals surface area contributed by atoms with Crippen LogP contribution in [-0.4, -0.2) is 24.8 Å². The standard InChI is InChI=1S/C16H23NO3/c1-6-13(17-15(18)20-16(2,3)4)11-12-7-9-14(19-5)10-8-12/h6-10,13H,1,11H2,2-5H3,(H,17,18)/t13-/m1/s1. The molecule has 4 heteroatoms. The van der Waals surface area contributed by atoms with Crippen LogP contribution < -0.4 is 10.1 Å². The second kappa shape index (κ2) is 6.98. The first kappa shape index (κ1) is 16.1. The third kappa shape index (κ3) is 5.78. The Labute approximate surface area is 120 Å². The lowest BCUT2D eigenvalue weighted by molar-refractivity contribution is 0.0514. The van der Waals surface area contributed by atoms with Crippen molar-refractivity contribution in [1.82, 2.24) is 5.32 Å². The molecule has 0 fully saturated rings. The van der Waals surface area contributed by atoms with E-state index in [2.05, 4.69) is 11.9 Å². The first-order chi connectivity index (χ1) is 9.34. The van der Waals surface area contributed by atoms with E-state index in [1.54, 1.807) is 13.2 Å². The predicted molar refractivity (Wildman–Crippen MR) is 80.1 cm³/mol. The Morgan fingerprint density at radius 3 is 2.40 bits per heavy atom. The highest BCUT2D eigenvalue weighted by atomic mass is 16.6. The number of ether oxygens (including phenoxy) is 2. The number of carbonyl (C=O) groups excluding carboxylic acids is 1. The third-order valence-electron chi connectivity index (χ3n) is 2.60. The van der Waals surface area contributed by atoms with Gasteiger partial charge in [-0.15, -0.1) is 6.58 Å². The summed E-state index contributed by atoms with van der Waals surface area (Å²) in [5.74, 6) is 0.809. The van der Waals surface area contributed by atoms with E-state index >= 15 is 0 Å². The maximum Gasteiger partial charge on any atom is 0.408 e. The lowest BCUT2D eigenvalue weighted by atomic mass is 10.1. The summed E-state index contributed by atoms with van der Waals surface area (Å²) in [4.78, 5) is 11.7. The molecule has 20 heavy (non-hydrogen) atoms. The quantitative estimate of drug-likeness (QED) is 0.840. The van der Waals surface area contributed by atoms with E-state index in [0.29, 0.717) is 6.42 Å². The van der Waals surface area contributed by atoms with Crippen molar-refractivity contribution < 1.29 is 14.3 Å². The largest absolute Gasteiger partial charge is 0.497 e. The second-order valence-corrected chi connectivity index (χ2v) is 5.54. The van der Waals surface area contributed by atoms with Crippen molar-refractivity contribution >= 4 is 6.09 Å². The molecule has 0 unspecified atom stereocenters. The molecule has 0 aliphatic carbocycles. The van der Waals surface area contributed by atoms with Gasteiger partial charge >= 0.3 is 6.09 Å². The van der Waals surface area contributed by atoms with E-state index in [0.717, 1.165) is 11.3 Å². The fourth-order valence-corrected chi connectivity index (χ4v) is 1.67. The van der Waals surface area contributed by atoms with E-state index in [1.165, 1.54) is 0 Å². The van der Waals surface area contributed by atoms with Crippen molar-refractivity contribution in [1.29, 1.82) is 0 Å². The van der Waals surface area contributed by atoms with Crippen molar-refractivity contribution in [3.63, 3.8) is 0 Å². The Kier molecular flexibility index (Phi) is 5.62. The van der Waals surface area contributed by atoms with E-state index in [9.17, 15) is 4.79 Å². The minimum absolute atomic E-state index is 0.168. The number of hydrogen-bond acceptors (Lipinski definition) is 3. The molecule has 0 bridgehead atoms. The molecule has 0 saturated carbocycles. The van der Waals surface area contributed by atoms with Crippen molar-refractivity contribution in [2.24, 2.45) is 0 Å². The van der Waals surface area contributed by atoms with Gasteiger partial charge in [0.2, 0.25) is 0 Å². The van der Waals surface area contributed by atoms with Gasteiger partial charge < -0.3 is 14.8 Å². The summed E-state index contributed by atoms with van der Waals surface area (Å²) in [5, 5.41) is 2.79. The van der Waals surface area contributed by atoms with E-state index in [-0.39, 0.29) is 6.04 Å². The van der Waals surface area contributed by atoms with Gasteiger partial charge in [-0.05, 0) is 44.9 Å². The summed E-state index contributed by atoms with van der Waals surface area (Å²) in [6.07, 6.45) is 1.93. The van der Waals surface area contributed by atoms with Gasteiger partial charge in [0.05, 0.1) is 13.2 Å². The van der Waals surface area contributed by atoms with Crippen molar-refractivity contribution in [3.05, 3.63) is 42.5 Å². The molecular weight excluding hydrogens is 254 g/mol. The lowest BCUT2D eigenvalue weighted by Crippen LogP contribution is -2.39. The Morgan fingerprint density at radius 2 is 1.95 bits per heavy atom. The monoisotopic (exact) mass is 277 g/mol. The number of benzene rings is 1. The molecule has 1 N–H and O–H groups in total. The van der Waals surface area contributed by atoms with Gasteiger partial charge in [-0.1, -0.05) is 18.2 Å². The molecule has 1 atom stereocenters. The summed E-state index contributed by atoms with van der Waals surface area (Å²) < 4.78 is 10.3. The summed E-state index contributed by atoms with van der Waals surface area (Å²) in [7, 11) is 1.63. The molecule has 0 aliphatic heterocycles. The molecule has 0 aromatic heterocycles. The summed E-state index contributed by atoms with van der Waals surface area (Å²) in [6.45, 7) is 9.24. The van der Waals surface area contributed by atoms with Crippen LogP contribution in [0, 0.1) is 0 Å². The van der Waals surface area contributed by atoms with Crippen LogP contribution in [0.5, 0.6) is 5.75 Å². The molecule has 0 spiro atoms. The fraction of sp³-hybridized carbons (Fsp3) is 0.438. The molecule has 0 aliphatic rings. The molecule has 1 rings (SSSR count). The number of methoxy groups -OCH3 is 1. The van der Waals surface area contributed by atoms with E-state index in [4.69, 9.17) is 9.47 Å². The highest BCUT2D eigenvalue weighted by molar-refractivity contribution is 5.68. The molecular formula is C16H23NO3. The number of hydrogen-bond donors (Lipinski definition) is 1. The third-order valence-corrected chi connectivity index (χ3v) is 2.60. The summed E-state index contributed by atoms with van der Waals surface area (Å²) in [6, 6.07) is 7.54. The van der Waals surface area contributed by atoms with Crippen LogP contribution in [0.3, 0.4) is 0 Å². The molecule has 0 radical (unpaired) electrons. The molecule has 0 saturated heterocycles. The lowest BCUT2D eigenvalue weighted by Gasteiger charge is -2.22. The van der Waals surface area contributed by atoms with Crippen molar-refractivity contribution in [2.75, 3.05) is 7.11 Å². The molecule has 4 nitrogen and oxygen atoms in total. The highest BCUT2D eigenvalue weighted by Crippen LogP contribution is 2.13. The Bertz CT molecular complexity index is 446. The van der Waals surface area contributed by atoms with Crippen LogP contribution in [-0.2, 0) is 11.2 Å². The average Bonchev–Trinajstić information content (AvgIpc) is 2.36. The van der Waals surface area contributed by atoms with Crippen LogP contribution in [0.4, 0.5) is 4.79 Å². The van der Waals surface area contributed by atoms with Gasteiger partial charge in [0.25, 0.3) is 0 Å². The smallest absolute Gasteiger partial charge is 0.408 e. The number of amides is 1. The predicted octanol–water partition coefficient (Wildman–Crippen LogP) is 3.32. The maximum absolute atomic E-state index is 11.7. The molecule has 1 aromatic carbocycles. The minimum Gasteiger partial charge on any atom is -0.497 e. The number of rotatable bonds is 5. The fourth-order valence-electron chi connectivity index (χ4n) is 1.67. The Hall–Kier alpha value is -1.97. The average molecular weight is 277 g/mol. The SMILES string of the molecule is C=C[C@H](Cc1ccc(OC)cc1)NC(=O)OC(C)(C)C. The van der Waals surface area contributed by atoms with Gasteiger partial charge in [-0.25, -0.2) is 4.79 Å². The Morgan fingerprint density at radius 1 is 1.35 bits per heavy atom. The number of carbonyl (C=O) groups is 1. The van der Waals surface area contributed by atoms with Crippen LogP contribution in [0.15, 0.2) is 36.9 Å². The minimum atomic E-state index is -0.504. The zero-order chi connectivity index (χ0) is 15.2. The van der Waals surface area contributed by atoms with Gasteiger partial charge in [0.15, 0.2) is 0 Å². The summed E-state index contributed by atoms with van der Waals surface area (Å²) in [5.41, 5.74) is 0.586. The first-order valence-electron chi connectivity index (χ1n) is 6.59.